The summed E-state index contributed by atoms with van der Waals surface area (Å²) in [6.07, 6.45) is 0.838. The van der Waals surface area contributed by atoms with Crippen LogP contribution in [-0.4, -0.2) is 19.1 Å². The van der Waals surface area contributed by atoms with E-state index in [-0.39, 0.29) is 17.7 Å². The zero-order valence-corrected chi connectivity index (χ0v) is 9.71. The number of methoxy groups -OCH3 is 1. The monoisotopic (exact) mass is 225 g/mol. The predicted octanol–water partition coefficient (Wildman–Crippen LogP) is 2.36. The Kier molecular flexibility index (Phi) is 4.28. The third-order valence-corrected chi connectivity index (χ3v) is 2.40. The number of rotatable bonds is 4. The molecule has 1 aromatic rings. The van der Waals surface area contributed by atoms with Gasteiger partial charge in [-0.2, -0.15) is 0 Å². The van der Waals surface area contributed by atoms with Crippen LogP contribution in [0.2, 0.25) is 0 Å². The van der Waals surface area contributed by atoms with Crippen LogP contribution in [0.4, 0.5) is 4.39 Å². The third-order valence-electron chi connectivity index (χ3n) is 2.40. The molecule has 0 aliphatic heterocycles. The summed E-state index contributed by atoms with van der Waals surface area (Å²) in [4.78, 5) is 11.6. The molecule has 0 unspecified atom stereocenters. The smallest absolute Gasteiger partial charge is 0.251 e. The van der Waals surface area contributed by atoms with Gasteiger partial charge < -0.3 is 10.1 Å². The fourth-order valence-corrected chi connectivity index (χ4v) is 1.22. The molecule has 88 valence electrons. The zero-order chi connectivity index (χ0) is 12.1. The van der Waals surface area contributed by atoms with Gasteiger partial charge in [-0.1, -0.05) is 6.92 Å². The molecule has 0 radical (unpaired) electrons. The van der Waals surface area contributed by atoms with Crippen molar-refractivity contribution in [2.24, 2.45) is 0 Å². The van der Waals surface area contributed by atoms with Crippen molar-refractivity contribution < 1.29 is 13.9 Å². The van der Waals surface area contributed by atoms with Crippen LogP contribution in [0.15, 0.2) is 18.2 Å². The highest BCUT2D eigenvalue weighted by atomic mass is 19.1. The first kappa shape index (κ1) is 12.5. The first-order valence-corrected chi connectivity index (χ1v) is 5.22. The van der Waals surface area contributed by atoms with Gasteiger partial charge in [0.25, 0.3) is 5.91 Å². The number of ether oxygens (including phenoxy) is 1. The van der Waals surface area contributed by atoms with Crippen molar-refractivity contribution >= 4 is 5.91 Å². The van der Waals surface area contributed by atoms with Gasteiger partial charge in [0.05, 0.1) is 7.11 Å². The lowest BCUT2D eigenvalue weighted by atomic mass is 10.1. The van der Waals surface area contributed by atoms with E-state index in [2.05, 4.69) is 5.32 Å². The minimum atomic E-state index is -0.528. The Morgan fingerprint density at radius 1 is 1.56 bits per heavy atom. The van der Waals surface area contributed by atoms with Gasteiger partial charge >= 0.3 is 0 Å². The molecule has 1 rings (SSSR count). The molecule has 0 aliphatic rings. The van der Waals surface area contributed by atoms with Crippen molar-refractivity contribution in [2.75, 3.05) is 7.11 Å². The Labute approximate surface area is 94.6 Å². The van der Waals surface area contributed by atoms with Gasteiger partial charge in [-0.25, -0.2) is 4.39 Å². The molecule has 0 heterocycles. The van der Waals surface area contributed by atoms with Gasteiger partial charge in [0.1, 0.15) is 0 Å². The van der Waals surface area contributed by atoms with Crippen LogP contribution in [0.3, 0.4) is 0 Å². The van der Waals surface area contributed by atoms with E-state index < -0.39 is 5.82 Å². The lowest BCUT2D eigenvalue weighted by Crippen LogP contribution is -2.31. The molecule has 1 atom stereocenters. The lowest BCUT2D eigenvalue weighted by molar-refractivity contribution is 0.0938. The maximum atomic E-state index is 13.3. The van der Waals surface area contributed by atoms with Crippen LogP contribution in [0.1, 0.15) is 30.6 Å². The van der Waals surface area contributed by atoms with Crippen molar-refractivity contribution in [1.82, 2.24) is 5.32 Å². The summed E-state index contributed by atoms with van der Waals surface area (Å²) >= 11 is 0. The number of carbonyl (C=O) groups is 1. The number of hydrogen-bond donors (Lipinski definition) is 1. The molecule has 0 spiro atoms. The van der Waals surface area contributed by atoms with E-state index in [0.717, 1.165) is 6.42 Å². The molecular weight excluding hydrogens is 209 g/mol. The molecule has 0 saturated carbocycles. The molecule has 1 N–H and O–H groups in total. The fraction of sp³-hybridized carbons (Fsp3) is 0.417. The SMILES string of the molecule is CC[C@@H](C)NC(=O)c1ccc(OC)c(F)c1. The quantitative estimate of drug-likeness (QED) is 0.854. The molecule has 1 amide bonds. The largest absolute Gasteiger partial charge is 0.494 e. The Bertz CT molecular complexity index is 379. The summed E-state index contributed by atoms with van der Waals surface area (Å²) in [7, 11) is 1.39. The summed E-state index contributed by atoms with van der Waals surface area (Å²) in [5.41, 5.74) is 0.304. The van der Waals surface area contributed by atoms with Crippen molar-refractivity contribution in [3.63, 3.8) is 0 Å². The normalized spacial score (nSPS) is 12.0. The summed E-state index contributed by atoms with van der Waals surface area (Å²) in [5, 5.41) is 2.76. The highest BCUT2D eigenvalue weighted by molar-refractivity contribution is 5.94. The van der Waals surface area contributed by atoms with Crippen LogP contribution in [0, 0.1) is 5.82 Å². The highest BCUT2D eigenvalue weighted by Crippen LogP contribution is 2.17. The van der Waals surface area contributed by atoms with Crippen LogP contribution in [0.5, 0.6) is 5.75 Å². The summed E-state index contributed by atoms with van der Waals surface area (Å²) < 4.78 is 18.1. The molecule has 0 fully saturated rings. The standard InChI is InChI=1S/C12H16FNO2/c1-4-8(2)14-12(15)9-5-6-11(16-3)10(13)7-9/h5-8H,4H2,1-3H3,(H,14,15)/t8-/m1/s1. The van der Waals surface area contributed by atoms with E-state index in [9.17, 15) is 9.18 Å². The van der Waals surface area contributed by atoms with Crippen LogP contribution < -0.4 is 10.1 Å². The van der Waals surface area contributed by atoms with Gasteiger partial charge in [-0.05, 0) is 31.5 Å². The molecule has 0 aromatic heterocycles. The van der Waals surface area contributed by atoms with Crippen molar-refractivity contribution in [3.05, 3.63) is 29.6 Å². The van der Waals surface area contributed by atoms with E-state index in [1.165, 1.54) is 19.2 Å². The lowest BCUT2D eigenvalue weighted by Gasteiger charge is -2.11. The van der Waals surface area contributed by atoms with Gasteiger partial charge in [-0.15, -0.1) is 0 Å². The Balaban J connectivity index is 2.81. The van der Waals surface area contributed by atoms with E-state index in [1.54, 1.807) is 6.07 Å². The first-order valence-electron chi connectivity index (χ1n) is 5.22. The van der Waals surface area contributed by atoms with Gasteiger partial charge in [0, 0.05) is 11.6 Å². The number of halogens is 1. The molecule has 16 heavy (non-hydrogen) atoms. The summed E-state index contributed by atoms with van der Waals surface area (Å²) in [6.45, 7) is 3.87. The van der Waals surface area contributed by atoms with Crippen molar-refractivity contribution in [3.8, 4) is 5.75 Å². The zero-order valence-electron chi connectivity index (χ0n) is 9.71. The van der Waals surface area contributed by atoms with Gasteiger partial charge in [0.2, 0.25) is 0 Å². The Morgan fingerprint density at radius 3 is 2.75 bits per heavy atom. The number of amides is 1. The topological polar surface area (TPSA) is 38.3 Å². The average Bonchev–Trinajstić information content (AvgIpc) is 2.28. The molecule has 3 nitrogen and oxygen atoms in total. The van der Waals surface area contributed by atoms with Crippen LogP contribution in [-0.2, 0) is 0 Å². The highest BCUT2D eigenvalue weighted by Gasteiger charge is 2.11. The van der Waals surface area contributed by atoms with Gasteiger partial charge in [0.15, 0.2) is 11.6 Å². The second-order valence-corrected chi connectivity index (χ2v) is 3.63. The first-order chi connectivity index (χ1) is 7.58. The maximum Gasteiger partial charge on any atom is 0.251 e. The van der Waals surface area contributed by atoms with Gasteiger partial charge in [-0.3, -0.25) is 4.79 Å². The molecule has 0 aliphatic carbocycles. The fourth-order valence-electron chi connectivity index (χ4n) is 1.22. The molecular formula is C12H16FNO2. The number of nitrogens with one attached hydrogen (secondary N) is 1. The van der Waals surface area contributed by atoms with E-state index >= 15 is 0 Å². The minimum absolute atomic E-state index is 0.0812. The second-order valence-electron chi connectivity index (χ2n) is 3.63. The molecule has 0 saturated heterocycles. The van der Waals surface area contributed by atoms with Crippen molar-refractivity contribution in [2.45, 2.75) is 26.3 Å². The average molecular weight is 225 g/mol. The number of carbonyl (C=O) groups excluding carboxylic acids is 1. The summed E-state index contributed by atoms with van der Waals surface area (Å²) in [6, 6.07) is 4.24. The predicted molar refractivity (Wildman–Crippen MR) is 60.2 cm³/mol. The Morgan fingerprint density at radius 2 is 2.25 bits per heavy atom. The minimum Gasteiger partial charge on any atom is -0.494 e. The van der Waals surface area contributed by atoms with Crippen LogP contribution in [0.25, 0.3) is 0 Å². The number of benzene rings is 1. The summed E-state index contributed by atoms with van der Waals surface area (Å²) in [5.74, 6) is -0.657. The molecule has 4 heteroatoms. The van der Waals surface area contributed by atoms with E-state index in [0.29, 0.717) is 5.56 Å². The van der Waals surface area contributed by atoms with E-state index in [1.807, 2.05) is 13.8 Å². The maximum absolute atomic E-state index is 13.3. The van der Waals surface area contributed by atoms with Crippen LogP contribution >= 0.6 is 0 Å². The Hall–Kier alpha value is -1.58. The van der Waals surface area contributed by atoms with Crippen molar-refractivity contribution in [1.29, 1.82) is 0 Å². The third kappa shape index (κ3) is 2.95. The molecule has 1 aromatic carbocycles. The molecule has 0 bridgehead atoms. The second kappa shape index (κ2) is 5.49. The number of hydrogen-bond acceptors (Lipinski definition) is 2. The van der Waals surface area contributed by atoms with E-state index in [4.69, 9.17) is 4.74 Å².